The number of amides is 1. The Morgan fingerprint density at radius 2 is 2.25 bits per heavy atom. The van der Waals surface area contributed by atoms with E-state index >= 15 is 0 Å². The number of rotatable bonds is 5. The maximum Gasteiger partial charge on any atom is 0.337 e. The summed E-state index contributed by atoms with van der Waals surface area (Å²) in [5.41, 5.74) is 0.943. The lowest BCUT2D eigenvalue weighted by molar-refractivity contribution is -0.116. The highest BCUT2D eigenvalue weighted by atomic mass is 16.5. The summed E-state index contributed by atoms with van der Waals surface area (Å²) >= 11 is 0. The second kappa shape index (κ2) is 6.46. The maximum absolute atomic E-state index is 11.8. The molecular weight excluding hydrogens is 260 g/mol. The van der Waals surface area contributed by atoms with Crippen molar-refractivity contribution in [2.24, 2.45) is 0 Å². The van der Waals surface area contributed by atoms with Gasteiger partial charge < -0.3 is 10.1 Å². The van der Waals surface area contributed by atoms with E-state index in [-0.39, 0.29) is 12.3 Å². The molecule has 0 spiro atoms. The average Bonchev–Trinajstić information content (AvgIpc) is 2.98. The van der Waals surface area contributed by atoms with Gasteiger partial charge in [-0.25, -0.2) is 4.79 Å². The van der Waals surface area contributed by atoms with Gasteiger partial charge in [-0.1, -0.05) is 11.3 Å². The molecule has 0 atom stereocenters. The Bertz CT molecular complexity index is 595. The highest BCUT2D eigenvalue weighted by Crippen LogP contribution is 2.12. The molecule has 7 heteroatoms. The van der Waals surface area contributed by atoms with Crippen LogP contribution in [0.15, 0.2) is 36.7 Å². The van der Waals surface area contributed by atoms with Crippen molar-refractivity contribution in [1.29, 1.82) is 0 Å². The van der Waals surface area contributed by atoms with Crippen molar-refractivity contribution >= 4 is 17.6 Å². The number of benzene rings is 1. The van der Waals surface area contributed by atoms with E-state index in [9.17, 15) is 9.59 Å². The normalized spacial score (nSPS) is 10.1. The number of ether oxygens (including phenoxy) is 1. The molecule has 0 aliphatic heterocycles. The molecule has 104 valence electrons. The van der Waals surface area contributed by atoms with Gasteiger partial charge in [0.1, 0.15) is 0 Å². The molecule has 0 aliphatic rings. The van der Waals surface area contributed by atoms with Gasteiger partial charge in [0.15, 0.2) is 0 Å². The summed E-state index contributed by atoms with van der Waals surface area (Å²) in [6.07, 6.45) is 3.51. The number of carbonyl (C=O) groups excluding carboxylic acids is 2. The first-order chi connectivity index (χ1) is 9.69. The molecule has 2 aromatic rings. The van der Waals surface area contributed by atoms with Crippen molar-refractivity contribution in [3.63, 3.8) is 0 Å². The van der Waals surface area contributed by atoms with Crippen LogP contribution >= 0.6 is 0 Å². The number of anilines is 1. The molecule has 20 heavy (non-hydrogen) atoms. The topological polar surface area (TPSA) is 86.1 Å². The van der Waals surface area contributed by atoms with Gasteiger partial charge in [-0.3, -0.25) is 9.48 Å². The smallest absolute Gasteiger partial charge is 0.337 e. The number of nitrogens with zero attached hydrogens (tertiary/aromatic N) is 3. The summed E-state index contributed by atoms with van der Waals surface area (Å²) < 4.78 is 6.20. The van der Waals surface area contributed by atoms with Gasteiger partial charge >= 0.3 is 5.97 Å². The van der Waals surface area contributed by atoms with E-state index in [1.165, 1.54) is 7.11 Å². The molecule has 1 aromatic heterocycles. The molecule has 0 fully saturated rings. The molecular formula is C13H14N4O3. The van der Waals surface area contributed by atoms with Crippen LogP contribution in [0.25, 0.3) is 0 Å². The summed E-state index contributed by atoms with van der Waals surface area (Å²) in [4.78, 5) is 23.1. The first kappa shape index (κ1) is 13.7. The number of esters is 1. The number of carbonyl (C=O) groups is 2. The van der Waals surface area contributed by atoms with Gasteiger partial charge in [0.05, 0.1) is 25.4 Å². The maximum atomic E-state index is 11.8. The largest absolute Gasteiger partial charge is 0.465 e. The lowest BCUT2D eigenvalue weighted by Crippen LogP contribution is -2.15. The Morgan fingerprint density at radius 1 is 1.40 bits per heavy atom. The molecule has 0 unspecified atom stereocenters. The second-order valence-electron chi connectivity index (χ2n) is 4.04. The van der Waals surface area contributed by atoms with Crippen molar-refractivity contribution < 1.29 is 14.3 Å². The monoisotopic (exact) mass is 274 g/mol. The first-order valence-corrected chi connectivity index (χ1v) is 6.01. The van der Waals surface area contributed by atoms with Crippen LogP contribution in [0.1, 0.15) is 16.8 Å². The number of hydrogen-bond acceptors (Lipinski definition) is 5. The summed E-state index contributed by atoms with van der Waals surface area (Å²) in [5.74, 6) is -0.605. The van der Waals surface area contributed by atoms with E-state index in [2.05, 4.69) is 20.4 Å². The minimum atomic E-state index is -0.441. The van der Waals surface area contributed by atoms with Gasteiger partial charge in [0.2, 0.25) is 5.91 Å². The van der Waals surface area contributed by atoms with Crippen LogP contribution in [0.5, 0.6) is 0 Å². The lowest BCUT2D eigenvalue weighted by Gasteiger charge is -2.06. The lowest BCUT2D eigenvalue weighted by atomic mass is 10.2. The van der Waals surface area contributed by atoms with E-state index in [0.717, 1.165) is 0 Å². The summed E-state index contributed by atoms with van der Waals surface area (Å²) in [5, 5.41) is 10.1. The highest BCUT2D eigenvalue weighted by Gasteiger charge is 2.08. The zero-order valence-corrected chi connectivity index (χ0v) is 10.9. The standard InChI is InChI=1S/C13H14N4O3/c1-20-13(19)10-3-2-4-11(9-10)15-12(18)5-7-17-8-6-14-16-17/h2-4,6,8-9H,5,7H2,1H3,(H,15,18). The van der Waals surface area contributed by atoms with Crippen LogP contribution < -0.4 is 5.32 Å². The predicted octanol–water partition coefficient (Wildman–Crippen LogP) is 1.09. The van der Waals surface area contributed by atoms with Gasteiger partial charge in [0.25, 0.3) is 0 Å². The van der Waals surface area contributed by atoms with Gasteiger partial charge in [0, 0.05) is 18.3 Å². The molecule has 0 saturated heterocycles. The molecule has 0 radical (unpaired) electrons. The minimum absolute atomic E-state index is 0.164. The third kappa shape index (κ3) is 3.64. The fourth-order valence-electron chi connectivity index (χ4n) is 1.63. The zero-order valence-electron chi connectivity index (χ0n) is 10.9. The Balaban J connectivity index is 1.92. The van der Waals surface area contributed by atoms with Crippen LogP contribution in [0.3, 0.4) is 0 Å². The number of aromatic nitrogens is 3. The molecule has 1 aromatic carbocycles. The van der Waals surface area contributed by atoms with Crippen LogP contribution in [0.4, 0.5) is 5.69 Å². The Labute approximate surface area is 115 Å². The summed E-state index contributed by atoms with van der Waals surface area (Å²) in [7, 11) is 1.31. The molecule has 0 aliphatic carbocycles. The van der Waals surface area contributed by atoms with Crippen LogP contribution in [0.2, 0.25) is 0 Å². The van der Waals surface area contributed by atoms with Crippen molar-refractivity contribution in [3.8, 4) is 0 Å². The molecule has 1 N–H and O–H groups in total. The van der Waals surface area contributed by atoms with Crippen molar-refractivity contribution in [2.75, 3.05) is 12.4 Å². The van der Waals surface area contributed by atoms with Crippen molar-refractivity contribution in [2.45, 2.75) is 13.0 Å². The molecule has 2 rings (SSSR count). The van der Waals surface area contributed by atoms with E-state index < -0.39 is 5.97 Å². The fraction of sp³-hybridized carbons (Fsp3) is 0.231. The SMILES string of the molecule is COC(=O)c1cccc(NC(=O)CCn2ccnn2)c1. The van der Waals surface area contributed by atoms with Crippen LogP contribution in [-0.4, -0.2) is 34.0 Å². The predicted molar refractivity (Wildman–Crippen MR) is 71.1 cm³/mol. The van der Waals surface area contributed by atoms with Gasteiger partial charge in [-0.05, 0) is 18.2 Å². The molecule has 0 bridgehead atoms. The van der Waals surface area contributed by atoms with Crippen molar-refractivity contribution in [1.82, 2.24) is 15.0 Å². The van der Waals surface area contributed by atoms with Gasteiger partial charge in [-0.15, -0.1) is 5.10 Å². The molecule has 0 saturated carbocycles. The quantitative estimate of drug-likeness (QED) is 0.825. The summed E-state index contributed by atoms with van der Waals surface area (Å²) in [6.45, 7) is 0.447. The van der Waals surface area contributed by atoms with Crippen LogP contribution in [-0.2, 0) is 16.1 Å². The third-order valence-corrected chi connectivity index (χ3v) is 2.61. The average molecular weight is 274 g/mol. The number of hydrogen-bond donors (Lipinski definition) is 1. The zero-order chi connectivity index (χ0) is 14.4. The Kier molecular flexibility index (Phi) is 4.43. The summed E-state index contributed by atoms with van der Waals surface area (Å²) in [6, 6.07) is 6.58. The fourth-order valence-corrected chi connectivity index (χ4v) is 1.63. The first-order valence-electron chi connectivity index (χ1n) is 6.01. The third-order valence-electron chi connectivity index (χ3n) is 2.61. The van der Waals surface area contributed by atoms with Crippen molar-refractivity contribution in [3.05, 3.63) is 42.2 Å². The van der Waals surface area contributed by atoms with Gasteiger partial charge in [-0.2, -0.15) is 0 Å². The molecule has 7 nitrogen and oxygen atoms in total. The number of aryl methyl sites for hydroxylation is 1. The number of methoxy groups -OCH3 is 1. The van der Waals surface area contributed by atoms with E-state index in [4.69, 9.17) is 0 Å². The molecule has 1 amide bonds. The van der Waals surface area contributed by atoms with E-state index in [1.807, 2.05) is 0 Å². The second-order valence-corrected chi connectivity index (χ2v) is 4.04. The minimum Gasteiger partial charge on any atom is -0.465 e. The molecule has 1 heterocycles. The Morgan fingerprint density at radius 3 is 2.95 bits per heavy atom. The van der Waals surface area contributed by atoms with E-state index in [1.54, 1.807) is 41.3 Å². The van der Waals surface area contributed by atoms with Crippen LogP contribution in [0, 0.1) is 0 Å². The number of nitrogens with one attached hydrogen (secondary N) is 1. The Hall–Kier alpha value is -2.70. The highest BCUT2D eigenvalue weighted by molar-refractivity contribution is 5.94. The van der Waals surface area contributed by atoms with E-state index in [0.29, 0.717) is 17.8 Å².